The van der Waals surface area contributed by atoms with Crippen LogP contribution in [0.15, 0.2) is 18.2 Å². The van der Waals surface area contributed by atoms with Crippen molar-refractivity contribution in [1.82, 2.24) is 5.32 Å². The van der Waals surface area contributed by atoms with Gasteiger partial charge in [0.2, 0.25) is 11.8 Å². The number of rotatable bonds is 2. The Morgan fingerprint density at radius 2 is 1.80 bits per heavy atom. The third kappa shape index (κ3) is 1.47. The van der Waals surface area contributed by atoms with Gasteiger partial charge in [0.05, 0.1) is 29.0 Å². The van der Waals surface area contributed by atoms with E-state index in [9.17, 15) is 14.4 Å². The Kier molecular flexibility index (Phi) is 2.81. The summed E-state index contributed by atoms with van der Waals surface area (Å²) < 4.78 is 4.79. The number of ether oxygens (including phenoxy) is 1. The average molecular weight is 314 g/mol. The molecule has 1 N–H and O–H groups in total. The van der Waals surface area contributed by atoms with Gasteiger partial charge < -0.3 is 4.74 Å². The molecule has 1 saturated carbocycles. The summed E-state index contributed by atoms with van der Waals surface area (Å²) in [6.45, 7) is 0. The van der Waals surface area contributed by atoms with Gasteiger partial charge in [0.15, 0.2) is 0 Å². The zero-order chi connectivity index (χ0) is 14.7. The average Bonchev–Trinajstić information content (AvgIpc) is 3.03. The number of halogens is 2. The van der Waals surface area contributed by atoms with E-state index in [0.29, 0.717) is 10.6 Å². The van der Waals surface area contributed by atoms with Crippen molar-refractivity contribution in [2.24, 2.45) is 11.8 Å². The number of hydrogen-bond acceptors (Lipinski definition) is 4. The largest absolute Gasteiger partial charge is 0.468 e. The Morgan fingerprint density at radius 3 is 2.30 bits per heavy atom. The summed E-state index contributed by atoms with van der Waals surface area (Å²) in [7, 11) is 1.22. The topological polar surface area (TPSA) is 72.5 Å². The van der Waals surface area contributed by atoms with Crippen molar-refractivity contribution in [2.75, 3.05) is 7.11 Å². The van der Waals surface area contributed by atoms with E-state index in [4.69, 9.17) is 27.9 Å². The van der Waals surface area contributed by atoms with Crippen molar-refractivity contribution in [3.63, 3.8) is 0 Å². The molecule has 3 atom stereocenters. The molecule has 5 nitrogen and oxygen atoms in total. The number of carbonyl (C=O) groups is 3. The highest BCUT2D eigenvalue weighted by molar-refractivity contribution is 6.42. The molecule has 20 heavy (non-hydrogen) atoms. The molecule has 1 aromatic rings. The van der Waals surface area contributed by atoms with Gasteiger partial charge in [0.1, 0.15) is 5.41 Å². The minimum atomic E-state index is -1.28. The van der Waals surface area contributed by atoms with Gasteiger partial charge in [-0.1, -0.05) is 29.3 Å². The zero-order valence-electron chi connectivity index (χ0n) is 10.3. The summed E-state index contributed by atoms with van der Waals surface area (Å²) in [6.07, 6.45) is 0. The molecular formula is C13H9Cl2NO4. The van der Waals surface area contributed by atoms with Gasteiger partial charge in [-0.25, -0.2) is 0 Å². The van der Waals surface area contributed by atoms with Gasteiger partial charge in [0.25, 0.3) is 0 Å². The molecule has 0 aromatic heterocycles. The summed E-state index contributed by atoms with van der Waals surface area (Å²) in [5.41, 5.74) is -0.806. The number of imide groups is 1. The van der Waals surface area contributed by atoms with Crippen molar-refractivity contribution in [3.8, 4) is 0 Å². The molecule has 1 aliphatic heterocycles. The lowest BCUT2D eigenvalue weighted by Crippen LogP contribution is -2.39. The monoisotopic (exact) mass is 313 g/mol. The predicted molar refractivity (Wildman–Crippen MR) is 70.3 cm³/mol. The van der Waals surface area contributed by atoms with Crippen molar-refractivity contribution in [1.29, 1.82) is 0 Å². The Hall–Kier alpha value is -1.59. The summed E-state index contributed by atoms with van der Waals surface area (Å²) in [6, 6.07) is 4.62. The second-order valence-electron chi connectivity index (χ2n) is 4.80. The van der Waals surface area contributed by atoms with Gasteiger partial charge in [0, 0.05) is 0 Å². The fourth-order valence-corrected chi connectivity index (χ4v) is 3.33. The van der Waals surface area contributed by atoms with Crippen molar-refractivity contribution < 1.29 is 19.1 Å². The van der Waals surface area contributed by atoms with Crippen molar-refractivity contribution in [2.45, 2.75) is 5.41 Å². The molecule has 0 radical (unpaired) electrons. The molecular weight excluding hydrogens is 305 g/mol. The minimum absolute atomic E-state index is 0.255. The van der Waals surface area contributed by atoms with Gasteiger partial charge in [-0.2, -0.15) is 0 Å². The second-order valence-corrected chi connectivity index (χ2v) is 5.61. The van der Waals surface area contributed by atoms with E-state index >= 15 is 0 Å². The van der Waals surface area contributed by atoms with E-state index in [-0.39, 0.29) is 5.02 Å². The maximum absolute atomic E-state index is 12.2. The molecule has 1 aromatic carbocycles. The van der Waals surface area contributed by atoms with Crippen LogP contribution < -0.4 is 5.32 Å². The number of hydrogen-bond donors (Lipinski definition) is 1. The van der Waals surface area contributed by atoms with Crippen LogP contribution in [0.3, 0.4) is 0 Å². The van der Waals surface area contributed by atoms with Crippen molar-refractivity contribution in [3.05, 3.63) is 33.8 Å². The van der Waals surface area contributed by atoms with Gasteiger partial charge >= 0.3 is 5.97 Å². The maximum Gasteiger partial charge on any atom is 0.317 e. The lowest BCUT2D eigenvalue weighted by molar-refractivity contribution is -0.147. The van der Waals surface area contributed by atoms with Gasteiger partial charge in [-0.05, 0) is 17.7 Å². The molecule has 104 valence electrons. The van der Waals surface area contributed by atoms with E-state index < -0.39 is 35.0 Å². The first kappa shape index (κ1) is 13.4. The molecule has 3 rings (SSSR count). The van der Waals surface area contributed by atoms with Crippen LogP contribution in [0.25, 0.3) is 0 Å². The SMILES string of the molecule is COC(=O)C1(c2ccc(Cl)c(Cl)c2)[C@@H]2C(=O)NC(=O)[C@@H]21. The van der Waals surface area contributed by atoms with Crippen LogP contribution in [-0.4, -0.2) is 24.9 Å². The Morgan fingerprint density at radius 1 is 1.20 bits per heavy atom. The normalized spacial score (nSPS) is 30.8. The van der Waals surface area contributed by atoms with E-state index in [1.807, 2.05) is 0 Å². The molecule has 2 fully saturated rings. The van der Waals surface area contributed by atoms with Crippen LogP contribution in [0.1, 0.15) is 5.56 Å². The molecule has 1 saturated heterocycles. The lowest BCUT2D eigenvalue weighted by Gasteiger charge is -2.18. The number of amides is 2. The van der Waals surface area contributed by atoms with E-state index in [2.05, 4.69) is 5.32 Å². The fraction of sp³-hybridized carbons (Fsp3) is 0.308. The van der Waals surface area contributed by atoms with Gasteiger partial charge in [-0.15, -0.1) is 0 Å². The summed E-state index contributed by atoms with van der Waals surface area (Å²) >= 11 is 11.8. The Labute approximate surface area is 124 Å². The number of esters is 1. The first-order valence-electron chi connectivity index (χ1n) is 5.83. The van der Waals surface area contributed by atoms with E-state index in [1.54, 1.807) is 6.07 Å². The Balaban J connectivity index is 2.14. The summed E-state index contributed by atoms with van der Waals surface area (Å²) in [5, 5.41) is 2.79. The van der Waals surface area contributed by atoms with Crippen molar-refractivity contribution >= 4 is 41.0 Å². The van der Waals surface area contributed by atoms with E-state index in [0.717, 1.165) is 0 Å². The molecule has 7 heteroatoms. The zero-order valence-corrected chi connectivity index (χ0v) is 11.8. The maximum atomic E-state index is 12.2. The fourth-order valence-electron chi connectivity index (χ4n) is 3.03. The smallest absolute Gasteiger partial charge is 0.317 e. The highest BCUT2D eigenvalue weighted by Gasteiger charge is 2.80. The third-order valence-corrected chi connectivity index (χ3v) is 4.68. The quantitative estimate of drug-likeness (QED) is 0.660. The van der Waals surface area contributed by atoms with Crippen LogP contribution in [0.4, 0.5) is 0 Å². The first-order valence-corrected chi connectivity index (χ1v) is 6.58. The van der Waals surface area contributed by atoms with Crippen LogP contribution in [-0.2, 0) is 24.5 Å². The first-order chi connectivity index (χ1) is 9.44. The van der Waals surface area contributed by atoms with E-state index in [1.165, 1.54) is 19.2 Å². The van der Waals surface area contributed by atoms with Crippen LogP contribution in [0.2, 0.25) is 10.0 Å². The number of piperidine rings is 1. The number of nitrogens with one attached hydrogen (secondary N) is 1. The molecule has 2 amide bonds. The molecule has 1 heterocycles. The number of benzene rings is 1. The Bertz CT molecular complexity index is 638. The molecule has 1 aliphatic carbocycles. The standard InChI is InChI=1S/C13H9Cl2NO4/c1-20-12(19)13(5-2-3-6(14)7(15)4-5)8-9(13)11(18)16-10(8)17/h2-4,8-9H,1H3,(H,16,17,18)/t8-,9+,13?. The lowest BCUT2D eigenvalue weighted by atomic mass is 9.90. The number of fused-ring (bicyclic) bond motifs is 1. The highest BCUT2D eigenvalue weighted by atomic mass is 35.5. The molecule has 1 unspecified atom stereocenters. The predicted octanol–water partition coefficient (Wildman–Crippen LogP) is 1.31. The highest BCUT2D eigenvalue weighted by Crippen LogP contribution is 2.63. The number of carbonyl (C=O) groups excluding carboxylic acids is 3. The second kappa shape index (κ2) is 4.20. The minimum Gasteiger partial charge on any atom is -0.468 e. The van der Waals surface area contributed by atoms with Crippen LogP contribution >= 0.6 is 23.2 Å². The number of methoxy groups -OCH3 is 1. The molecule has 0 spiro atoms. The molecule has 0 bridgehead atoms. The van der Waals surface area contributed by atoms with Crippen LogP contribution in [0.5, 0.6) is 0 Å². The summed E-state index contributed by atoms with van der Waals surface area (Å²) in [4.78, 5) is 35.7. The third-order valence-electron chi connectivity index (χ3n) is 3.94. The van der Waals surface area contributed by atoms with Gasteiger partial charge in [-0.3, -0.25) is 19.7 Å². The molecule has 2 aliphatic rings. The van der Waals surface area contributed by atoms with Crippen LogP contribution in [0, 0.1) is 11.8 Å². The summed E-state index contributed by atoms with van der Waals surface area (Å²) in [5.74, 6) is -3.01.